The molecule has 3 aromatic rings. The summed E-state index contributed by atoms with van der Waals surface area (Å²) in [4.78, 5) is 26.1. The molecule has 0 fully saturated rings. The number of amides is 1. The Kier molecular flexibility index (Phi) is 4.26. The Bertz CT molecular complexity index is 1020. The Labute approximate surface area is 140 Å². The van der Waals surface area contributed by atoms with Gasteiger partial charge in [-0.25, -0.2) is 8.78 Å². The summed E-state index contributed by atoms with van der Waals surface area (Å²) in [5.41, 5.74) is 5.77. The quantitative estimate of drug-likeness (QED) is 0.742. The number of aromatic nitrogens is 2. The molecule has 0 unspecified atom stereocenters. The molecule has 8 heteroatoms. The van der Waals surface area contributed by atoms with E-state index in [9.17, 15) is 18.4 Å². The minimum Gasteiger partial charge on any atom is -0.486 e. The molecule has 130 valence electrons. The summed E-state index contributed by atoms with van der Waals surface area (Å²) in [7, 11) is 0. The molecule has 0 aliphatic heterocycles. The standard InChI is InChI=1S/C17H15F2N3O3/c1-2-22-7-9(8-25-14-4-3-10(18)5-11(14)19)15-13(22)6-12(16(20)23)21-17(15)24/h3-7H,2,8H2,1H3,(H2,20,23)(H,21,24). The summed E-state index contributed by atoms with van der Waals surface area (Å²) in [6.45, 7) is 2.32. The number of carbonyl (C=O) groups excluding carboxylic acids is 1. The van der Waals surface area contributed by atoms with Crippen LogP contribution < -0.4 is 16.0 Å². The number of nitrogens with zero attached hydrogens (tertiary/aromatic N) is 1. The van der Waals surface area contributed by atoms with Crippen LogP contribution in [0.1, 0.15) is 23.0 Å². The Balaban J connectivity index is 2.02. The van der Waals surface area contributed by atoms with Crippen LogP contribution in [0.3, 0.4) is 0 Å². The maximum atomic E-state index is 13.7. The van der Waals surface area contributed by atoms with E-state index in [1.54, 1.807) is 10.8 Å². The summed E-state index contributed by atoms with van der Waals surface area (Å²) < 4.78 is 33.7. The summed E-state index contributed by atoms with van der Waals surface area (Å²) in [6.07, 6.45) is 1.69. The van der Waals surface area contributed by atoms with E-state index in [0.29, 0.717) is 23.0 Å². The van der Waals surface area contributed by atoms with E-state index >= 15 is 0 Å². The summed E-state index contributed by atoms with van der Waals surface area (Å²) in [6, 6.07) is 4.47. The van der Waals surface area contributed by atoms with Crippen LogP contribution in [0, 0.1) is 11.6 Å². The third-order valence-corrected chi connectivity index (χ3v) is 3.84. The highest BCUT2D eigenvalue weighted by atomic mass is 19.1. The van der Waals surface area contributed by atoms with Crippen molar-refractivity contribution in [1.29, 1.82) is 0 Å². The van der Waals surface area contributed by atoms with Gasteiger partial charge >= 0.3 is 0 Å². The molecule has 25 heavy (non-hydrogen) atoms. The van der Waals surface area contributed by atoms with Crippen LogP contribution in [0.4, 0.5) is 8.78 Å². The minimum absolute atomic E-state index is 0.00217. The molecule has 0 aliphatic carbocycles. The highest BCUT2D eigenvalue weighted by Gasteiger charge is 2.16. The van der Waals surface area contributed by atoms with Gasteiger partial charge in [0, 0.05) is 24.4 Å². The summed E-state index contributed by atoms with van der Waals surface area (Å²) in [5, 5.41) is 0.328. The number of benzene rings is 1. The lowest BCUT2D eigenvalue weighted by Crippen LogP contribution is -2.19. The number of primary amides is 1. The van der Waals surface area contributed by atoms with Crippen molar-refractivity contribution in [2.45, 2.75) is 20.1 Å². The molecule has 0 saturated carbocycles. The van der Waals surface area contributed by atoms with Gasteiger partial charge in [-0.05, 0) is 25.1 Å². The van der Waals surface area contributed by atoms with Crippen molar-refractivity contribution >= 4 is 16.8 Å². The molecule has 6 nitrogen and oxygen atoms in total. The average Bonchev–Trinajstić information content (AvgIpc) is 2.92. The largest absolute Gasteiger partial charge is 0.486 e. The van der Waals surface area contributed by atoms with E-state index in [0.717, 1.165) is 12.1 Å². The fourth-order valence-electron chi connectivity index (χ4n) is 2.66. The first-order valence-electron chi connectivity index (χ1n) is 7.53. The fourth-order valence-corrected chi connectivity index (χ4v) is 2.66. The van der Waals surface area contributed by atoms with Crippen molar-refractivity contribution in [3.8, 4) is 5.75 Å². The Morgan fingerprint density at radius 1 is 1.32 bits per heavy atom. The van der Waals surface area contributed by atoms with Crippen LogP contribution in [0.25, 0.3) is 10.9 Å². The van der Waals surface area contributed by atoms with Crippen molar-refractivity contribution in [3.63, 3.8) is 0 Å². The molecule has 0 spiro atoms. The van der Waals surface area contributed by atoms with Crippen LogP contribution in [0.2, 0.25) is 0 Å². The van der Waals surface area contributed by atoms with Gasteiger partial charge in [-0.2, -0.15) is 0 Å². The number of nitrogens with one attached hydrogen (secondary N) is 1. The zero-order valence-electron chi connectivity index (χ0n) is 13.3. The molecule has 0 bridgehead atoms. The third-order valence-electron chi connectivity index (χ3n) is 3.84. The van der Waals surface area contributed by atoms with Crippen LogP contribution in [-0.4, -0.2) is 15.5 Å². The maximum absolute atomic E-state index is 13.7. The first kappa shape index (κ1) is 16.7. The number of H-pyrrole nitrogens is 1. The zero-order chi connectivity index (χ0) is 18.1. The van der Waals surface area contributed by atoms with Crippen LogP contribution in [0.15, 0.2) is 35.3 Å². The number of nitrogens with two attached hydrogens (primary N) is 1. The van der Waals surface area contributed by atoms with Crippen molar-refractivity contribution in [2.24, 2.45) is 5.73 Å². The molecule has 1 aromatic carbocycles. The Morgan fingerprint density at radius 2 is 2.08 bits per heavy atom. The van der Waals surface area contributed by atoms with Crippen molar-refractivity contribution in [2.75, 3.05) is 0 Å². The average molecular weight is 347 g/mol. The molecule has 3 rings (SSSR count). The monoisotopic (exact) mass is 347 g/mol. The normalized spacial score (nSPS) is 11.0. The smallest absolute Gasteiger partial charge is 0.265 e. The molecule has 0 aliphatic rings. The number of hydrogen-bond acceptors (Lipinski definition) is 3. The first-order valence-corrected chi connectivity index (χ1v) is 7.53. The van der Waals surface area contributed by atoms with Crippen LogP contribution >= 0.6 is 0 Å². The predicted molar refractivity (Wildman–Crippen MR) is 87.4 cm³/mol. The van der Waals surface area contributed by atoms with Gasteiger partial charge in [-0.1, -0.05) is 0 Å². The van der Waals surface area contributed by atoms with E-state index in [1.165, 1.54) is 12.1 Å². The van der Waals surface area contributed by atoms with Gasteiger partial charge in [0.25, 0.3) is 11.5 Å². The van der Waals surface area contributed by atoms with E-state index in [4.69, 9.17) is 10.5 Å². The second-order valence-corrected chi connectivity index (χ2v) is 5.44. The van der Waals surface area contributed by atoms with Gasteiger partial charge in [-0.15, -0.1) is 0 Å². The molecular weight excluding hydrogens is 332 g/mol. The van der Waals surface area contributed by atoms with Crippen molar-refractivity contribution in [3.05, 3.63) is 63.7 Å². The van der Waals surface area contributed by atoms with Crippen LogP contribution in [0.5, 0.6) is 5.75 Å². The second-order valence-electron chi connectivity index (χ2n) is 5.44. The fraction of sp³-hybridized carbons (Fsp3) is 0.176. The molecule has 2 heterocycles. The number of aryl methyl sites for hydroxylation is 1. The van der Waals surface area contributed by atoms with Crippen molar-refractivity contribution < 1.29 is 18.3 Å². The third kappa shape index (κ3) is 3.10. The first-order chi connectivity index (χ1) is 11.9. The van der Waals surface area contributed by atoms with E-state index in [-0.39, 0.29) is 18.1 Å². The van der Waals surface area contributed by atoms with E-state index in [1.807, 2.05) is 6.92 Å². The highest BCUT2D eigenvalue weighted by molar-refractivity contribution is 5.95. The Hall–Kier alpha value is -3.16. The van der Waals surface area contributed by atoms with Gasteiger partial charge in [0.05, 0.1) is 10.9 Å². The van der Waals surface area contributed by atoms with E-state index in [2.05, 4.69) is 4.98 Å². The number of rotatable bonds is 5. The molecule has 0 atom stereocenters. The number of ether oxygens (including phenoxy) is 1. The van der Waals surface area contributed by atoms with Gasteiger partial charge in [0.2, 0.25) is 0 Å². The van der Waals surface area contributed by atoms with Gasteiger partial charge in [0.15, 0.2) is 11.6 Å². The lowest BCUT2D eigenvalue weighted by atomic mass is 10.2. The summed E-state index contributed by atoms with van der Waals surface area (Å²) >= 11 is 0. The number of fused-ring (bicyclic) bond motifs is 1. The zero-order valence-corrected chi connectivity index (χ0v) is 13.3. The summed E-state index contributed by atoms with van der Waals surface area (Å²) in [5.74, 6) is -2.40. The number of hydrogen-bond donors (Lipinski definition) is 2. The van der Waals surface area contributed by atoms with Gasteiger partial charge in [0.1, 0.15) is 18.1 Å². The van der Waals surface area contributed by atoms with Crippen molar-refractivity contribution in [1.82, 2.24) is 9.55 Å². The number of pyridine rings is 1. The second kappa shape index (κ2) is 6.39. The molecule has 0 saturated heterocycles. The molecule has 2 aromatic heterocycles. The number of carbonyl (C=O) groups is 1. The lowest BCUT2D eigenvalue weighted by molar-refractivity contribution is 0.0995. The van der Waals surface area contributed by atoms with Gasteiger partial charge < -0.3 is 20.0 Å². The maximum Gasteiger partial charge on any atom is 0.265 e. The molecule has 0 radical (unpaired) electrons. The topological polar surface area (TPSA) is 90.1 Å². The molecule has 3 N–H and O–H groups in total. The number of halogens is 2. The predicted octanol–water partition coefficient (Wildman–Crippen LogP) is 2.31. The molecule has 1 amide bonds. The Morgan fingerprint density at radius 3 is 2.72 bits per heavy atom. The van der Waals surface area contributed by atoms with E-state index < -0.39 is 23.1 Å². The van der Waals surface area contributed by atoms with Gasteiger partial charge in [-0.3, -0.25) is 9.59 Å². The lowest BCUT2D eigenvalue weighted by Gasteiger charge is -2.06. The van der Waals surface area contributed by atoms with Crippen LogP contribution in [-0.2, 0) is 13.2 Å². The molecular formula is C17H15F2N3O3. The highest BCUT2D eigenvalue weighted by Crippen LogP contribution is 2.23. The SMILES string of the molecule is CCn1cc(COc2ccc(F)cc2F)c2c(=O)[nH]c(C(N)=O)cc21. The number of aromatic amines is 1. The minimum atomic E-state index is -0.829.